The Morgan fingerprint density at radius 3 is 2.39 bits per heavy atom. The number of amides is 1. The zero-order valence-electron chi connectivity index (χ0n) is 13.8. The van der Waals surface area contributed by atoms with Crippen molar-refractivity contribution in [2.75, 3.05) is 33.2 Å². The van der Waals surface area contributed by atoms with Crippen LogP contribution in [0.15, 0.2) is 30.3 Å². The van der Waals surface area contributed by atoms with Gasteiger partial charge in [0, 0.05) is 19.0 Å². The molecule has 0 spiro atoms. The molecule has 0 bridgehead atoms. The molecule has 4 nitrogen and oxygen atoms in total. The number of hydrogen-bond acceptors (Lipinski definition) is 3. The van der Waals surface area contributed by atoms with Crippen LogP contribution in [0.25, 0.3) is 0 Å². The highest BCUT2D eigenvalue weighted by Crippen LogP contribution is 2.20. The predicted octanol–water partition coefficient (Wildman–Crippen LogP) is 2.55. The van der Waals surface area contributed by atoms with Crippen molar-refractivity contribution >= 4 is 30.7 Å². The topological polar surface area (TPSA) is 49.6 Å². The van der Waals surface area contributed by atoms with Gasteiger partial charge < -0.3 is 15.5 Å². The van der Waals surface area contributed by atoms with Crippen LogP contribution >= 0.6 is 24.8 Å². The summed E-state index contributed by atoms with van der Waals surface area (Å²) >= 11 is 0. The van der Waals surface area contributed by atoms with Gasteiger partial charge >= 0.3 is 0 Å². The van der Waals surface area contributed by atoms with Gasteiger partial charge in [-0.25, -0.2) is 0 Å². The molecule has 0 unspecified atom stereocenters. The van der Waals surface area contributed by atoms with Gasteiger partial charge in [0.1, 0.15) is 0 Å². The molecule has 0 radical (unpaired) electrons. The molecular formula is C17H29Cl2N3O. The Balaban J connectivity index is 0.00000242. The van der Waals surface area contributed by atoms with E-state index in [1.165, 1.54) is 5.56 Å². The van der Waals surface area contributed by atoms with E-state index in [2.05, 4.69) is 24.1 Å². The summed E-state index contributed by atoms with van der Waals surface area (Å²) < 4.78 is 0. The Labute approximate surface area is 152 Å². The summed E-state index contributed by atoms with van der Waals surface area (Å²) in [7, 11) is 2.12. The molecule has 1 aromatic carbocycles. The Morgan fingerprint density at radius 2 is 1.83 bits per heavy atom. The van der Waals surface area contributed by atoms with Gasteiger partial charge in [0.05, 0.1) is 0 Å². The fraction of sp³-hybridized carbons (Fsp3) is 0.588. The molecule has 6 heteroatoms. The molecule has 1 amide bonds. The zero-order valence-corrected chi connectivity index (χ0v) is 15.5. The third-order valence-corrected chi connectivity index (χ3v) is 4.23. The molecule has 132 valence electrons. The van der Waals surface area contributed by atoms with Gasteiger partial charge in [-0.15, -0.1) is 24.8 Å². The van der Waals surface area contributed by atoms with Crippen LogP contribution in [0.1, 0.15) is 24.8 Å². The molecule has 1 aliphatic heterocycles. The zero-order chi connectivity index (χ0) is 15.1. The van der Waals surface area contributed by atoms with E-state index in [1.807, 2.05) is 23.1 Å². The van der Waals surface area contributed by atoms with E-state index in [0.717, 1.165) is 38.9 Å². The summed E-state index contributed by atoms with van der Waals surface area (Å²) in [5.74, 6) is 0.489. The van der Waals surface area contributed by atoms with E-state index in [9.17, 15) is 4.79 Å². The largest absolute Gasteiger partial charge is 0.338 e. The maximum Gasteiger partial charge on any atom is 0.226 e. The SMILES string of the molecule is CN1CCC(C(=O)N(CCCN)Cc2ccccc2)CC1.Cl.Cl. The number of nitrogens with zero attached hydrogens (tertiary/aromatic N) is 2. The summed E-state index contributed by atoms with van der Waals surface area (Å²) in [5.41, 5.74) is 6.81. The Kier molecular flexibility index (Phi) is 11.3. The lowest BCUT2D eigenvalue weighted by Crippen LogP contribution is -2.42. The minimum Gasteiger partial charge on any atom is -0.338 e. The van der Waals surface area contributed by atoms with Crippen LogP contribution in [0, 0.1) is 5.92 Å². The van der Waals surface area contributed by atoms with Crippen molar-refractivity contribution in [3.63, 3.8) is 0 Å². The van der Waals surface area contributed by atoms with Crippen molar-refractivity contribution < 1.29 is 4.79 Å². The fourth-order valence-electron chi connectivity index (χ4n) is 2.87. The quantitative estimate of drug-likeness (QED) is 0.846. The van der Waals surface area contributed by atoms with Crippen molar-refractivity contribution in [1.82, 2.24) is 9.80 Å². The number of carbonyl (C=O) groups excluding carboxylic acids is 1. The first-order chi connectivity index (χ1) is 10.2. The van der Waals surface area contributed by atoms with E-state index < -0.39 is 0 Å². The second kappa shape index (κ2) is 11.7. The molecule has 23 heavy (non-hydrogen) atoms. The molecule has 2 N–H and O–H groups in total. The summed E-state index contributed by atoms with van der Waals surface area (Å²) in [6.45, 7) is 4.13. The number of likely N-dealkylation sites (tertiary alicyclic amines) is 1. The van der Waals surface area contributed by atoms with Crippen LogP contribution in [0.2, 0.25) is 0 Å². The molecule has 0 aliphatic carbocycles. The molecule has 0 atom stereocenters. The van der Waals surface area contributed by atoms with Crippen LogP contribution < -0.4 is 5.73 Å². The Morgan fingerprint density at radius 1 is 1.22 bits per heavy atom. The van der Waals surface area contributed by atoms with Gasteiger partial charge in [0.25, 0.3) is 0 Å². The molecule has 2 rings (SSSR count). The molecule has 1 fully saturated rings. The lowest BCUT2D eigenvalue weighted by molar-refractivity contribution is -0.137. The Hall–Kier alpha value is -0.810. The van der Waals surface area contributed by atoms with Crippen LogP contribution in [-0.4, -0.2) is 48.9 Å². The standard InChI is InChI=1S/C17H27N3O.2ClH/c1-19-12-8-16(9-13-19)17(21)20(11-5-10-18)14-15-6-3-2-4-7-15;;/h2-4,6-7,16H,5,8-14,18H2,1H3;2*1H. The molecule has 1 aromatic rings. The number of carbonyl (C=O) groups is 1. The fourth-order valence-corrected chi connectivity index (χ4v) is 2.87. The van der Waals surface area contributed by atoms with Crippen molar-refractivity contribution in [1.29, 1.82) is 0 Å². The molecule has 1 heterocycles. The normalized spacial score (nSPS) is 15.4. The van der Waals surface area contributed by atoms with E-state index in [0.29, 0.717) is 19.0 Å². The number of piperidine rings is 1. The third-order valence-electron chi connectivity index (χ3n) is 4.23. The summed E-state index contributed by atoms with van der Waals surface area (Å²) in [6.07, 6.45) is 2.82. The van der Waals surface area contributed by atoms with Crippen molar-refractivity contribution in [2.45, 2.75) is 25.8 Å². The summed E-state index contributed by atoms with van der Waals surface area (Å²) in [6, 6.07) is 10.2. The molecule has 0 saturated carbocycles. The van der Waals surface area contributed by atoms with Gasteiger partial charge in [0.2, 0.25) is 5.91 Å². The highest BCUT2D eigenvalue weighted by Gasteiger charge is 2.27. The highest BCUT2D eigenvalue weighted by molar-refractivity contribution is 5.85. The minimum atomic E-state index is 0. The van der Waals surface area contributed by atoms with E-state index >= 15 is 0 Å². The van der Waals surface area contributed by atoms with Crippen molar-refractivity contribution in [3.8, 4) is 0 Å². The first-order valence-electron chi connectivity index (χ1n) is 7.92. The first-order valence-corrected chi connectivity index (χ1v) is 7.92. The number of benzene rings is 1. The van der Waals surface area contributed by atoms with E-state index in [1.54, 1.807) is 0 Å². The highest BCUT2D eigenvalue weighted by atomic mass is 35.5. The average Bonchev–Trinajstić information content (AvgIpc) is 2.52. The predicted molar refractivity (Wildman–Crippen MR) is 100 cm³/mol. The molecule has 1 aliphatic rings. The lowest BCUT2D eigenvalue weighted by atomic mass is 9.95. The van der Waals surface area contributed by atoms with Crippen LogP contribution in [-0.2, 0) is 11.3 Å². The maximum atomic E-state index is 12.8. The molecule has 0 aromatic heterocycles. The van der Waals surface area contributed by atoms with Crippen molar-refractivity contribution in [3.05, 3.63) is 35.9 Å². The van der Waals surface area contributed by atoms with Crippen LogP contribution in [0.3, 0.4) is 0 Å². The van der Waals surface area contributed by atoms with Gasteiger partial charge in [0.15, 0.2) is 0 Å². The Bertz CT molecular complexity index is 437. The monoisotopic (exact) mass is 361 g/mol. The van der Waals surface area contributed by atoms with Crippen LogP contribution in [0.5, 0.6) is 0 Å². The molecule has 1 saturated heterocycles. The first kappa shape index (κ1) is 22.2. The van der Waals surface area contributed by atoms with Gasteiger partial charge in [-0.05, 0) is 51.5 Å². The van der Waals surface area contributed by atoms with Crippen LogP contribution in [0.4, 0.5) is 0 Å². The van der Waals surface area contributed by atoms with E-state index in [4.69, 9.17) is 5.73 Å². The number of nitrogens with two attached hydrogens (primary N) is 1. The number of halogens is 2. The molecular weight excluding hydrogens is 333 g/mol. The average molecular weight is 362 g/mol. The summed E-state index contributed by atoms with van der Waals surface area (Å²) in [4.78, 5) is 17.1. The van der Waals surface area contributed by atoms with Crippen molar-refractivity contribution in [2.24, 2.45) is 11.7 Å². The maximum absolute atomic E-state index is 12.8. The third kappa shape index (κ3) is 7.08. The van der Waals surface area contributed by atoms with Gasteiger partial charge in [-0.3, -0.25) is 4.79 Å². The number of rotatable bonds is 6. The smallest absolute Gasteiger partial charge is 0.226 e. The van der Waals surface area contributed by atoms with Gasteiger partial charge in [-0.2, -0.15) is 0 Å². The second-order valence-electron chi connectivity index (χ2n) is 5.97. The summed E-state index contributed by atoms with van der Waals surface area (Å²) in [5, 5.41) is 0. The minimum absolute atomic E-state index is 0. The van der Waals surface area contributed by atoms with E-state index in [-0.39, 0.29) is 30.7 Å². The number of hydrogen-bond donors (Lipinski definition) is 1. The lowest BCUT2D eigenvalue weighted by Gasteiger charge is -2.32. The van der Waals surface area contributed by atoms with Gasteiger partial charge in [-0.1, -0.05) is 30.3 Å². The second-order valence-corrected chi connectivity index (χ2v) is 5.97.